The summed E-state index contributed by atoms with van der Waals surface area (Å²) in [6.07, 6.45) is -4.43. The second-order valence-corrected chi connectivity index (χ2v) is 2.62. The van der Waals surface area contributed by atoms with Crippen LogP contribution in [-0.2, 0) is 11.0 Å². The van der Waals surface area contributed by atoms with Crippen LogP contribution >= 0.6 is 0 Å². The molecule has 0 unspecified atom stereocenters. The highest BCUT2D eigenvalue weighted by Crippen LogP contribution is 2.29. The van der Waals surface area contributed by atoms with Crippen molar-refractivity contribution in [1.29, 1.82) is 0 Å². The predicted octanol–water partition coefficient (Wildman–Crippen LogP) is 1.97. The van der Waals surface area contributed by atoms with Crippen molar-refractivity contribution in [2.45, 2.75) is 6.18 Å². The Morgan fingerprint density at radius 2 is 2.13 bits per heavy atom. The van der Waals surface area contributed by atoms with Gasteiger partial charge in [0.15, 0.2) is 6.61 Å². The molecule has 0 amide bonds. The van der Waals surface area contributed by atoms with Crippen LogP contribution in [-0.4, -0.2) is 17.7 Å². The van der Waals surface area contributed by atoms with Crippen LogP contribution in [0.4, 0.5) is 13.2 Å². The number of ether oxygens (including phenoxy) is 1. The lowest BCUT2D eigenvalue weighted by Crippen LogP contribution is -2.10. The van der Waals surface area contributed by atoms with Gasteiger partial charge in [0, 0.05) is 6.07 Å². The Morgan fingerprint density at radius 1 is 1.47 bits per heavy atom. The molecule has 1 aromatic carbocycles. The van der Waals surface area contributed by atoms with Crippen LogP contribution in [0.15, 0.2) is 18.2 Å². The fraction of sp³-hybridized carbons (Fsp3) is 0.222. The Morgan fingerprint density at radius 3 is 2.53 bits per heavy atom. The first-order valence-corrected chi connectivity index (χ1v) is 3.83. The van der Waals surface area contributed by atoms with Gasteiger partial charge in [-0.05, 0) is 18.2 Å². The van der Waals surface area contributed by atoms with Crippen molar-refractivity contribution in [3.8, 4) is 5.75 Å². The quantitative estimate of drug-likeness (QED) is 0.845. The molecule has 0 bridgehead atoms. The minimum atomic E-state index is -4.43. The minimum absolute atomic E-state index is 0.0367. The molecule has 0 saturated heterocycles. The number of halogens is 3. The van der Waals surface area contributed by atoms with Gasteiger partial charge in [0.2, 0.25) is 0 Å². The lowest BCUT2D eigenvalue weighted by molar-refractivity contribution is -0.140. The molecular formula is C9H6F3O3. The molecular weight excluding hydrogens is 213 g/mol. The van der Waals surface area contributed by atoms with E-state index in [1.165, 1.54) is 0 Å². The normalized spacial score (nSPS) is 11.1. The van der Waals surface area contributed by atoms with Gasteiger partial charge in [-0.25, -0.2) is 4.79 Å². The molecule has 15 heavy (non-hydrogen) atoms. The zero-order valence-electron chi connectivity index (χ0n) is 7.34. The third-order valence-corrected chi connectivity index (χ3v) is 1.46. The summed E-state index contributed by atoms with van der Waals surface area (Å²) in [5.41, 5.74) is -0.856. The summed E-state index contributed by atoms with van der Waals surface area (Å²) in [6, 6.07) is 4.72. The summed E-state index contributed by atoms with van der Waals surface area (Å²) in [7, 11) is 0. The zero-order valence-corrected chi connectivity index (χ0v) is 7.34. The van der Waals surface area contributed by atoms with Gasteiger partial charge >= 0.3 is 12.1 Å². The molecule has 6 heteroatoms. The summed E-state index contributed by atoms with van der Waals surface area (Å²) in [6.45, 7) is -0.609. The summed E-state index contributed by atoms with van der Waals surface area (Å²) in [4.78, 5) is 10.1. The number of hydrogen-bond donors (Lipinski definition) is 1. The molecule has 0 aliphatic carbocycles. The number of hydrogen-bond acceptors (Lipinski definition) is 2. The van der Waals surface area contributed by atoms with Crippen molar-refractivity contribution in [2.24, 2.45) is 0 Å². The maximum atomic E-state index is 12.1. The van der Waals surface area contributed by atoms with E-state index in [-0.39, 0.29) is 5.75 Å². The molecule has 0 saturated carbocycles. The zero-order chi connectivity index (χ0) is 11.5. The third-order valence-electron chi connectivity index (χ3n) is 1.46. The highest BCUT2D eigenvalue weighted by atomic mass is 19.4. The molecule has 1 rings (SSSR count). The maximum absolute atomic E-state index is 12.1. The number of rotatable bonds is 3. The lowest BCUT2D eigenvalue weighted by Gasteiger charge is -2.07. The third kappa shape index (κ3) is 3.49. The van der Waals surface area contributed by atoms with E-state index in [0.29, 0.717) is 6.07 Å². The van der Waals surface area contributed by atoms with Crippen LogP contribution in [0.3, 0.4) is 0 Å². The van der Waals surface area contributed by atoms with Gasteiger partial charge in [0.25, 0.3) is 0 Å². The van der Waals surface area contributed by atoms with E-state index < -0.39 is 24.3 Å². The van der Waals surface area contributed by atoms with Gasteiger partial charge in [-0.3, -0.25) is 0 Å². The molecule has 1 radical (unpaired) electrons. The SMILES string of the molecule is O=C(O)COc1[c]cc(C(F)(F)F)cc1. The maximum Gasteiger partial charge on any atom is 0.416 e. The van der Waals surface area contributed by atoms with Gasteiger partial charge in [0.05, 0.1) is 5.56 Å². The van der Waals surface area contributed by atoms with E-state index in [2.05, 4.69) is 10.8 Å². The molecule has 1 aromatic rings. The highest BCUT2D eigenvalue weighted by Gasteiger charge is 2.30. The van der Waals surface area contributed by atoms with Gasteiger partial charge in [0.1, 0.15) is 5.75 Å². The molecule has 0 fully saturated rings. The van der Waals surface area contributed by atoms with E-state index in [9.17, 15) is 18.0 Å². The monoisotopic (exact) mass is 219 g/mol. The van der Waals surface area contributed by atoms with E-state index in [1.54, 1.807) is 0 Å². The van der Waals surface area contributed by atoms with Gasteiger partial charge < -0.3 is 9.84 Å². The number of aliphatic carboxylic acids is 1. The molecule has 0 atom stereocenters. The Hall–Kier alpha value is -1.72. The second kappa shape index (κ2) is 4.20. The van der Waals surface area contributed by atoms with Crippen molar-refractivity contribution in [3.63, 3.8) is 0 Å². The first kappa shape index (κ1) is 11.4. The smallest absolute Gasteiger partial charge is 0.416 e. The van der Waals surface area contributed by atoms with Gasteiger partial charge in [-0.1, -0.05) is 0 Å². The van der Waals surface area contributed by atoms with Gasteiger partial charge in [-0.15, -0.1) is 0 Å². The lowest BCUT2D eigenvalue weighted by atomic mass is 10.2. The Bertz CT molecular complexity index is 343. The molecule has 0 aliphatic heterocycles. The van der Waals surface area contributed by atoms with E-state index in [1.807, 2.05) is 0 Å². The first-order valence-electron chi connectivity index (χ1n) is 3.83. The van der Waals surface area contributed by atoms with Crippen molar-refractivity contribution in [2.75, 3.05) is 6.61 Å². The Labute approximate surface area is 83.1 Å². The molecule has 0 aliphatic rings. The van der Waals surface area contributed by atoms with Crippen molar-refractivity contribution in [3.05, 3.63) is 29.8 Å². The fourth-order valence-corrected chi connectivity index (χ4v) is 0.816. The highest BCUT2D eigenvalue weighted by molar-refractivity contribution is 5.68. The number of benzene rings is 1. The average Bonchev–Trinajstić information content (AvgIpc) is 2.14. The predicted molar refractivity (Wildman–Crippen MR) is 43.4 cm³/mol. The molecule has 3 nitrogen and oxygen atoms in total. The van der Waals surface area contributed by atoms with Crippen LogP contribution in [0.5, 0.6) is 5.75 Å². The van der Waals surface area contributed by atoms with Crippen molar-refractivity contribution < 1.29 is 27.8 Å². The van der Waals surface area contributed by atoms with Crippen molar-refractivity contribution >= 4 is 5.97 Å². The molecule has 1 N–H and O–H groups in total. The summed E-state index contributed by atoms with van der Waals surface area (Å²) in [5, 5.41) is 8.24. The van der Waals surface area contributed by atoms with Crippen LogP contribution in [0.1, 0.15) is 5.56 Å². The number of carboxylic acid groups (broad SMARTS) is 1. The number of carboxylic acids is 1. The van der Waals surface area contributed by atoms with Gasteiger partial charge in [-0.2, -0.15) is 13.2 Å². The Kier molecular flexibility index (Phi) is 3.18. The largest absolute Gasteiger partial charge is 0.481 e. The number of carbonyl (C=O) groups is 1. The molecule has 0 aromatic heterocycles. The van der Waals surface area contributed by atoms with Crippen LogP contribution in [0, 0.1) is 6.07 Å². The Balaban J connectivity index is 2.69. The fourth-order valence-electron chi connectivity index (χ4n) is 0.816. The summed E-state index contributed by atoms with van der Waals surface area (Å²) >= 11 is 0. The average molecular weight is 219 g/mol. The van der Waals surface area contributed by atoms with Crippen LogP contribution in [0.25, 0.3) is 0 Å². The minimum Gasteiger partial charge on any atom is -0.481 e. The second-order valence-electron chi connectivity index (χ2n) is 2.62. The van der Waals surface area contributed by atoms with E-state index in [4.69, 9.17) is 5.11 Å². The van der Waals surface area contributed by atoms with E-state index in [0.717, 1.165) is 12.1 Å². The van der Waals surface area contributed by atoms with Crippen molar-refractivity contribution in [1.82, 2.24) is 0 Å². The van der Waals surface area contributed by atoms with E-state index >= 15 is 0 Å². The van der Waals surface area contributed by atoms with Crippen LogP contribution in [0.2, 0.25) is 0 Å². The standard InChI is InChI=1S/C9H6F3O3/c10-9(11,12)6-1-3-7(4-2-6)15-5-8(13)14/h1-3H,5H2,(H,13,14). The first-order chi connectivity index (χ1) is 6.89. The molecule has 81 valence electrons. The topological polar surface area (TPSA) is 46.5 Å². The summed E-state index contributed by atoms with van der Waals surface area (Å²) in [5.74, 6) is -1.24. The molecule has 0 spiro atoms. The summed E-state index contributed by atoms with van der Waals surface area (Å²) < 4.78 is 40.8. The molecule has 0 heterocycles. The van der Waals surface area contributed by atoms with Crippen LogP contribution < -0.4 is 4.74 Å². The number of alkyl halides is 3.